The normalized spacial score (nSPS) is 12.2. The van der Waals surface area contributed by atoms with Crippen LogP contribution >= 0.6 is 0 Å². The van der Waals surface area contributed by atoms with Crippen LogP contribution in [0.2, 0.25) is 0 Å². The van der Waals surface area contributed by atoms with Gasteiger partial charge in [0.05, 0.1) is 5.69 Å². The lowest BCUT2D eigenvalue weighted by Crippen LogP contribution is -2.12. The van der Waals surface area contributed by atoms with Crippen molar-refractivity contribution in [3.05, 3.63) is 77.9 Å². The van der Waals surface area contributed by atoms with Crippen LogP contribution in [0, 0.1) is 6.92 Å². The van der Waals surface area contributed by atoms with Gasteiger partial charge in [0, 0.05) is 29.1 Å². The van der Waals surface area contributed by atoms with Crippen LogP contribution in [0.25, 0.3) is 22.2 Å². The Hall–Kier alpha value is -2.74. The Balaban J connectivity index is 2.36. The Morgan fingerprint density at radius 3 is 2.52 bits per heavy atom. The van der Waals surface area contributed by atoms with Crippen molar-refractivity contribution in [2.24, 2.45) is 7.05 Å². The van der Waals surface area contributed by atoms with Crippen LogP contribution < -0.4 is 0 Å². The number of hydrogen-bond donors (Lipinski definition) is 1. The number of phenols is 1. The second-order valence-electron chi connectivity index (χ2n) is 8.23. The predicted molar refractivity (Wildman–Crippen MR) is 116 cm³/mol. The molecule has 0 bridgehead atoms. The van der Waals surface area contributed by atoms with Gasteiger partial charge in [-0.15, -0.1) is 0 Å². The highest BCUT2D eigenvalue weighted by atomic mass is 16.3. The van der Waals surface area contributed by atoms with E-state index in [0.717, 1.165) is 28.8 Å². The highest BCUT2D eigenvalue weighted by Crippen LogP contribution is 2.43. The van der Waals surface area contributed by atoms with Gasteiger partial charge < -0.3 is 9.67 Å². The summed E-state index contributed by atoms with van der Waals surface area (Å²) in [4.78, 5) is 0. The second kappa shape index (κ2) is 7.11. The van der Waals surface area contributed by atoms with Crippen LogP contribution in [0.1, 0.15) is 37.5 Å². The molecule has 27 heavy (non-hydrogen) atoms. The van der Waals surface area contributed by atoms with Gasteiger partial charge in [-0.3, -0.25) is 0 Å². The summed E-state index contributed by atoms with van der Waals surface area (Å²) in [5.74, 6) is 0.382. The van der Waals surface area contributed by atoms with E-state index < -0.39 is 0 Å². The molecule has 0 unspecified atom stereocenters. The van der Waals surface area contributed by atoms with E-state index in [4.69, 9.17) is 0 Å². The van der Waals surface area contributed by atoms with Gasteiger partial charge in [-0.05, 0) is 42.0 Å². The molecule has 0 aliphatic rings. The van der Waals surface area contributed by atoms with Gasteiger partial charge in [0.2, 0.25) is 0 Å². The van der Waals surface area contributed by atoms with Crippen molar-refractivity contribution in [3.63, 3.8) is 0 Å². The summed E-state index contributed by atoms with van der Waals surface area (Å²) >= 11 is 0. The van der Waals surface area contributed by atoms with Gasteiger partial charge in [-0.1, -0.05) is 69.8 Å². The minimum atomic E-state index is -0.127. The first-order valence-corrected chi connectivity index (χ1v) is 9.44. The highest BCUT2D eigenvalue weighted by Gasteiger charge is 2.24. The van der Waals surface area contributed by atoms with Crippen molar-refractivity contribution >= 4 is 10.9 Å². The molecule has 1 heterocycles. The number of benzene rings is 2. The van der Waals surface area contributed by atoms with E-state index >= 15 is 0 Å². The van der Waals surface area contributed by atoms with Gasteiger partial charge in [-0.25, -0.2) is 0 Å². The summed E-state index contributed by atoms with van der Waals surface area (Å²) in [6.07, 6.45) is 6.69. The Morgan fingerprint density at radius 1 is 1.15 bits per heavy atom. The molecule has 0 saturated heterocycles. The lowest BCUT2D eigenvalue weighted by atomic mass is 9.83. The highest BCUT2D eigenvalue weighted by molar-refractivity contribution is 5.93. The average Bonchev–Trinajstić information content (AvgIpc) is 2.89. The van der Waals surface area contributed by atoms with Crippen molar-refractivity contribution in [2.75, 3.05) is 0 Å². The molecule has 0 atom stereocenters. The van der Waals surface area contributed by atoms with Crippen LogP contribution in [0.15, 0.2) is 61.2 Å². The third-order valence-corrected chi connectivity index (χ3v) is 5.12. The molecule has 2 nitrogen and oxygen atoms in total. The van der Waals surface area contributed by atoms with Crippen LogP contribution in [-0.4, -0.2) is 9.67 Å². The molecular formula is C25H29NO. The summed E-state index contributed by atoms with van der Waals surface area (Å²) in [7, 11) is 2.08. The van der Waals surface area contributed by atoms with Gasteiger partial charge >= 0.3 is 0 Å². The monoisotopic (exact) mass is 359 g/mol. The summed E-state index contributed by atoms with van der Waals surface area (Å²) in [5, 5.41) is 12.4. The number of phenolic OH excluding ortho intramolecular Hbond substituents is 1. The Kier molecular flexibility index (Phi) is 5.01. The van der Waals surface area contributed by atoms with Crippen molar-refractivity contribution in [2.45, 2.75) is 39.5 Å². The van der Waals surface area contributed by atoms with E-state index in [0.29, 0.717) is 5.75 Å². The first-order valence-electron chi connectivity index (χ1n) is 9.44. The molecule has 140 valence electrons. The van der Waals surface area contributed by atoms with Gasteiger partial charge in [0.25, 0.3) is 0 Å². The lowest BCUT2D eigenvalue weighted by Gasteiger charge is -2.23. The van der Waals surface area contributed by atoms with E-state index in [1.807, 2.05) is 6.08 Å². The molecule has 2 heteroatoms. The maximum Gasteiger partial charge on any atom is 0.128 e. The SMILES string of the molecule is C=C/C=C\Cc1c(-c2cc(C)cc(C(C)(C)C)c2O)n(C)c2ccccc12. The Bertz CT molecular complexity index is 1030. The summed E-state index contributed by atoms with van der Waals surface area (Å²) in [6.45, 7) is 12.3. The fourth-order valence-corrected chi connectivity index (χ4v) is 3.83. The Morgan fingerprint density at radius 2 is 1.85 bits per heavy atom. The molecule has 0 saturated carbocycles. The molecule has 0 radical (unpaired) electrons. The van der Waals surface area contributed by atoms with E-state index in [9.17, 15) is 5.11 Å². The Labute approximate surface area is 162 Å². The topological polar surface area (TPSA) is 25.2 Å². The van der Waals surface area contributed by atoms with Crippen LogP contribution in [0.4, 0.5) is 0 Å². The molecule has 3 aromatic rings. The maximum atomic E-state index is 11.2. The van der Waals surface area contributed by atoms with Crippen LogP contribution in [0.5, 0.6) is 5.75 Å². The van der Waals surface area contributed by atoms with Gasteiger partial charge in [-0.2, -0.15) is 0 Å². The first kappa shape index (κ1) is 19.0. The fraction of sp³-hybridized carbons (Fsp3) is 0.280. The zero-order valence-electron chi connectivity index (χ0n) is 17.0. The predicted octanol–water partition coefficient (Wildman–Crippen LogP) is 6.44. The summed E-state index contributed by atoms with van der Waals surface area (Å²) in [6, 6.07) is 12.6. The quantitative estimate of drug-likeness (QED) is 0.533. The summed E-state index contributed by atoms with van der Waals surface area (Å²) < 4.78 is 2.20. The minimum absolute atomic E-state index is 0.127. The number of allylic oxidation sites excluding steroid dienone is 3. The molecule has 2 aromatic carbocycles. The smallest absolute Gasteiger partial charge is 0.128 e. The molecule has 0 spiro atoms. The number of rotatable bonds is 4. The largest absolute Gasteiger partial charge is 0.507 e. The molecule has 0 fully saturated rings. The third-order valence-electron chi connectivity index (χ3n) is 5.12. The fourth-order valence-electron chi connectivity index (χ4n) is 3.83. The van der Waals surface area contributed by atoms with E-state index in [1.54, 1.807) is 6.08 Å². The number of hydrogen-bond acceptors (Lipinski definition) is 1. The maximum absolute atomic E-state index is 11.2. The molecular weight excluding hydrogens is 330 g/mol. The van der Waals surface area contributed by atoms with E-state index in [1.165, 1.54) is 16.5 Å². The molecule has 1 aromatic heterocycles. The second-order valence-corrected chi connectivity index (χ2v) is 8.23. The van der Waals surface area contributed by atoms with Gasteiger partial charge in [0.1, 0.15) is 5.75 Å². The summed E-state index contributed by atoms with van der Waals surface area (Å²) in [5.41, 5.74) is 6.40. The number of aromatic hydroxyl groups is 1. The van der Waals surface area contributed by atoms with Gasteiger partial charge in [0.15, 0.2) is 0 Å². The number of para-hydroxylation sites is 1. The molecule has 0 aliphatic carbocycles. The third kappa shape index (κ3) is 3.44. The van der Waals surface area contributed by atoms with Crippen LogP contribution in [-0.2, 0) is 18.9 Å². The van der Waals surface area contributed by atoms with Crippen molar-refractivity contribution in [1.82, 2.24) is 4.57 Å². The lowest BCUT2D eigenvalue weighted by molar-refractivity contribution is 0.448. The molecule has 0 amide bonds. The van der Waals surface area contributed by atoms with Crippen molar-refractivity contribution < 1.29 is 5.11 Å². The number of aromatic nitrogens is 1. The molecule has 1 N–H and O–H groups in total. The zero-order chi connectivity index (χ0) is 19.8. The van der Waals surface area contributed by atoms with Crippen molar-refractivity contribution in [1.29, 1.82) is 0 Å². The standard InChI is InChI=1S/C25H29NO/c1-7-8-9-13-19-18-12-10-11-14-22(18)26(6)23(19)20-15-17(2)16-21(24(20)27)25(3,4)5/h7-12,14-16,27H,1,13H2,2-6H3/b9-8-. The first-order chi connectivity index (χ1) is 12.8. The number of aryl methyl sites for hydroxylation is 2. The van der Waals surface area contributed by atoms with Crippen LogP contribution in [0.3, 0.4) is 0 Å². The van der Waals surface area contributed by atoms with E-state index in [2.05, 4.69) is 88.4 Å². The number of fused-ring (bicyclic) bond motifs is 1. The molecule has 0 aliphatic heterocycles. The zero-order valence-corrected chi connectivity index (χ0v) is 17.0. The van der Waals surface area contributed by atoms with E-state index in [-0.39, 0.29) is 5.41 Å². The number of nitrogens with zero attached hydrogens (tertiary/aromatic N) is 1. The minimum Gasteiger partial charge on any atom is -0.507 e. The van der Waals surface area contributed by atoms with Crippen molar-refractivity contribution in [3.8, 4) is 17.0 Å². The molecule has 3 rings (SSSR count). The average molecular weight is 360 g/mol.